The molecule has 0 heterocycles. The van der Waals surface area contributed by atoms with Crippen molar-refractivity contribution in [3.63, 3.8) is 0 Å². The normalized spacial score (nSPS) is 10.8. The van der Waals surface area contributed by atoms with Gasteiger partial charge in [0.25, 0.3) is 0 Å². The maximum atomic E-state index is 3.71. The summed E-state index contributed by atoms with van der Waals surface area (Å²) in [5.41, 5.74) is 9.20. The second-order valence-electron chi connectivity index (χ2n) is 7.65. The molecular weight excluding hydrogens is 336 g/mol. The molecule has 0 radical (unpaired) electrons. The predicted octanol–water partition coefficient (Wildman–Crippen LogP) is 8.25. The Labute approximate surface area is 172 Å². The summed E-state index contributed by atoms with van der Waals surface area (Å²) in [5, 5.41) is 0. The van der Waals surface area contributed by atoms with Gasteiger partial charge in [-0.1, -0.05) is 99.0 Å². The topological polar surface area (TPSA) is 0 Å². The minimum absolute atomic E-state index is 1.05. The summed E-state index contributed by atoms with van der Waals surface area (Å²) in [5.74, 6) is 0. The number of benzene rings is 2. The molecular formula is C28H36. The van der Waals surface area contributed by atoms with Gasteiger partial charge in [0.2, 0.25) is 0 Å². The number of unbranched alkanes of at least 4 members (excludes halogenated alkanes) is 4. The third-order valence-corrected chi connectivity index (χ3v) is 5.07. The summed E-state index contributed by atoms with van der Waals surface area (Å²) < 4.78 is 0. The smallest absolute Gasteiger partial charge is 0.00608 e. The third kappa shape index (κ3) is 9.58. The molecule has 0 fully saturated rings. The molecule has 0 aliphatic heterocycles. The highest BCUT2D eigenvalue weighted by Crippen LogP contribution is 2.14. The summed E-state index contributed by atoms with van der Waals surface area (Å²) in [6.45, 7) is 4.49. The molecule has 2 aromatic carbocycles. The van der Waals surface area contributed by atoms with E-state index in [1.165, 1.54) is 54.4 Å². The number of hydrogen-bond acceptors (Lipinski definition) is 0. The van der Waals surface area contributed by atoms with E-state index in [2.05, 4.69) is 92.4 Å². The van der Waals surface area contributed by atoms with Crippen molar-refractivity contribution in [1.82, 2.24) is 0 Å². The fraction of sp³-hybridized carbons (Fsp3) is 0.393. The van der Waals surface area contributed by atoms with Crippen LogP contribution in [-0.2, 0) is 12.8 Å². The number of aryl methyl sites for hydroxylation is 2. The molecule has 0 atom stereocenters. The van der Waals surface area contributed by atoms with E-state index in [0.29, 0.717) is 0 Å². The molecule has 0 nitrogen and oxygen atoms in total. The van der Waals surface area contributed by atoms with E-state index in [1.807, 2.05) is 0 Å². The molecule has 0 heteroatoms. The molecule has 2 aromatic rings. The average molecular weight is 373 g/mol. The molecule has 0 N–H and O–H groups in total. The van der Waals surface area contributed by atoms with Crippen LogP contribution in [0, 0.1) is 0 Å². The lowest BCUT2D eigenvalue weighted by atomic mass is 10.0. The van der Waals surface area contributed by atoms with Crippen LogP contribution in [0.1, 0.15) is 69.9 Å². The molecule has 0 spiro atoms. The Morgan fingerprint density at radius 3 is 2.00 bits per heavy atom. The van der Waals surface area contributed by atoms with Crippen molar-refractivity contribution in [2.75, 3.05) is 0 Å². The SMILES string of the molecule is CCCCCC/C=C/C(=C=C(C)CCc1ccccc1)CCc1ccccc1. The van der Waals surface area contributed by atoms with E-state index in [1.54, 1.807) is 0 Å². The molecule has 148 valence electrons. The van der Waals surface area contributed by atoms with Crippen molar-refractivity contribution >= 4 is 0 Å². The van der Waals surface area contributed by atoms with Gasteiger partial charge in [-0.15, -0.1) is 5.73 Å². The minimum Gasteiger partial charge on any atom is -0.119 e. The lowest BCUT2D eigenvalue weighted by molar-refractivity contribution is 0.674. The van der Waals surface area contributed by atoms with Crippen LogP contribution >= 0.6 is 0 Å². The predicted molar refractivity (Wildman–Crippen MR) is 124 cm³/mol. The van der Waals surface area contributed by atoms with Crippen LogP contribution in [0.5, 0.6) is 0 Å². The Hall–Kier alpha value is -2.30. The first kappa shape index (κ1) is 22.0. The molecule has 0 aliphatic carbocycles. The zero-order valence-corrected chi connectivity index (χ0v) is 17.8. The van der Waals surface area contributed by atoms with E-state index in [4.69, 9.17) is 0 Å². The number of rotatable bonds is 12. The minimum atomic E-state index is 1.05. The Bertz CT molecular complexity index is 743. The Kier molecular flexibility index (Phi) is 10.8. The fourth-order valence-corrected chi connectivity index (χ4v) is 3.34. The molecule has 0 aromatic heterocycles. The molecule has 0 aliphatic rings. The van der Waals surface area contributed by atoms with Crippen molar-refractivity contribution in [2.24, 2.45) is 0 Å². The number of allylic oxidation sites excluding steroid dienone is 3. The van der Waals surface area contributed by atoms with Crippen molar-refractivity contribution < 1.29 is 0 Å². The van der Waals surface area contributed by atoms with Crippen molar-refractivity contribution in [3.8, 4) is 0 Å². The standard InChI is InChI=1S/C28H36/c1-3-4-5-6-7-10-19-28(23-22-27-17-13-9-14-18-27)24-25(2)20-21-26-15-11-8-12-16-26/h8-19H,3-7,20-23H2,1-2H3/b19-10+. The third-order valence-electron chi connectivity index (χ3n) is 5.07. The van der Waals surface area contributed by atoms with Gasteiger partial charge in [0.05, 0.1) is 0 Å². The van der Waals surface area contributed by atoms with Gasteiger partial charge in [-0.25, -0.2) is 0 Å². The summed E-state index contributed by atoms with van der Waals surface area (Å²) in [4.78, 5) is 0. The average Bonchev–Trinajstić information content (AvgIpc) is 2.74. The molecule has 0 amide bonds. The molecule has 0 unspecified atom stereocenters. The van der Waals surface area contributed by atoms with Crippen LogP contribution in [0.15, 0.2) is 89.7 Å². The Morgan fingerprint density at radius 2 is 1.39 bits per heavy atom. The monoisotopic (exact) mass is 372 g/mol. The van der Waals surface area contributed by atoms with E-state index >= 15 is 0 Å². The van der Waals surface area contributed by atoms with E-state index in [-0.39, 0.29) is 0 Å². The second-order valence-corrected chi connectivity index (χ2v) is 7.65. The van der Waals surface area contributed by atoms with Crippen LogP contribution in [-0.4, -0.2) is 0 Å². The maximum absolute atomic E-state index is 3.71. The van der Waals surface area contributed by atoms with Gasteiger partial charge in [-0.2, -0.15) is 0 Å². The summed E-state index contributed by atoms with van der Waals surface area (Å²) >= 11 is 0. The molecule has 0 saturated carbocycles. The second kappa shape index (κ2) is 13.8. The lowest BCUT2D eigenvalue weighted by Crippen LogP contribution is -1.88. The first-order valence-electron chi connectivity index (χ1n) is 11.0. The zero-order chi connectivity index (χ0) is 19.9. The van der Waals surface area contributed by atoms with E-state index in [0.717, 1.165) is 25.7 Å². The van der Waals surface area contributed by atoms with Crippen LogP contribution in [0.25, 0.3) is 0 Å². The van der Waals surface area contributed by atoms with Gasteiger partial charge in [-0.3, -0.25) is 0 Å². The van der Waals surface area contributed by atoms with Gasteiger partial charge in [0, 0.05) is 0 Å². The van der Waals surface area contributed by atoms with Gasteiger partial charge >= 0.3 is 0 Å². The molecule has 28 heavy (non-hydrogen) atoms. The van der Waals surface area contributed by atoms with Crippen LogP contribution in [0.3, 0.4) is 0 Å². The first-order chi connectivity index (χ1) is 13.8. The highest BCUT2D eigenvalue weighted by Gasteiger charge is 1.98. The van der Waals surface area contributed by atoms with Crippen molar-refractivity contribution in [1.29, 1.82) is 0 Å². The van der Waals surface area contributed by atoms with Crippen molar-refractivity contribution in [2.45, 2.75) is 71.6 Å². The van der Waals surface area contributed by atoms with Crippen LogP contribution in [0.2, 0.25) is 0 Å². The van der Waals surface area contributed by atoms with Crippen molar-refractivity contribution in [3.05, 3.63) is 101 Å². The fourth-order valence-electron chi connectivity index (χ4n) is 3.34. The number of hydrogen-bond donors (Lipinski definition) is 0. The van der Waals surface area contributed by atoms with Gasteiger partial charge in [-0.05, 0) is 67.7 Å². The molecule has 0 saturated heterocycles. The van der Waals surface area contributed by atoms with Gasteiger partial charge in [0.15, 0.2) is 0 Å². The summed E-state index contributed by atoms with van der Waals surface area (Å²) in [6, 6.07) is 21.5. The summed E-state index contributed by atoms with van der Waals surface area (Å²) in [6.07, 6.45) is 15.4. The zero-order valence-electron chi connectivity index (χ0n) is 17.8. The van der Waals surface area contributed by atoms with Crippen LogP contribution in [0.4, 0.5) is 0 Å². The quantitative estimate of drug-likeness (QED) is 0.200. The highest BCUT2D eigenvalue weighted by atomic mass is 14.0. The van der Waals surface area contributed by atoms with Gasteiger partial charge < -0.3 is 0 Å². The molecule has 2 rings (SSSR count). The van der Waals surface area contributed by atoms with E-state index < -0.39 is 0 Å². The Morgan fingerprint density at radius 1 is 0.786 bits per heavy atom. The Balaban J connectivity index is 1.99. The lowest BCUT2D eigenvalue weighted by Gasteiger charge is -2.04. The van der Waals surface area contributed by atoms with Crippen LogP contribution < -0.4 is 0 Å². The summed E-state index contributed by atoms with van der Waals surface area (Å²) in [7, 11) is 0. The van der Waals surface area contributed by atoms with E-state index in [9.17, 15) is 0 Å². The first-order valence-corrected chi connectivity index (χ1v) is 11.0. The van der Waals surface area contributed by atoms with Gasteiger partial charge in [0.1, 0.15) is 0 Å². The highest BCUT2D eigenvalue weighted by molar-refractivity contribution is 5.24. The largest absolute Gasteiger partial charge is 0.119 e. The maximum Gasteiger partial charge on any atom is -0.00608 e. The molecule has 0 bridgehead atoms.